The summed E-state index contributed by atoms with van der Waals surface area (Å²) in [5, 5.41) is 10.9. The molecule has 0 aromatic heterocycles. The minimum Gasteiger partial charge on any atom is -0.491 e. The molecule has 1 atom stereocenters. The number of ether oxygens (including phenoxy) is 2. The lowest BCUT2D eigenvalue weighted by Gasteiger charge is -2.30. The number of β-amino-alcohol motifs (C(OH)–C–C–N with tert-alkyl or cyclic N) is 1. The van der Waals surface area contributed by atoms with E-state index in [1.165, 1.54) is 11.1 Å². The Hall–Kier alpha value is -1.30. The predicted octanol–water partition coefficient (Wildman–Crippen LogP) is 3.58. The van der Waals surface area contributed by atoms with Gasteiger partial charge in [-0.3, -0.25) is 4.90 Å². The molecule has 0 aliphatic carbocycles. The number of hydrogen-bond acceptors (Lipinski definition) is 4. The number of aliphatic hydroxyl groups excluding tert-OH is 1. The van der Waals surface area contributed by atoms with Crippen molar-refractivity contribution in [1.82, 2.24) is 4.90 Å². The summed E-state index contributed by atoms with van der Waals surface area (Å²) >= 11 is 5.83. The van der Waals surface area contributed by atoms with E-state index < -0.39 is 6.10 Å². The third-order valence-electron chi connectivity index (χ3n) is 4.30. The maximum Gasteiger partial charge on any atom is 0.119 e. The summed E-state index contributed by atoms with van der Waals surface area (Å²) in [6.45, 7) is 3.73. The lowest BCUT2D eigenvalue weighted by molar-refractivity contribution is 0.00589. The molecule has 1 aliphatic rings. The fraction of sp³-hybridized carbons (Fsp3) is 0.400. The average Bonchev–Trinajstić information content (AvgIpc) is 2.63. The van der Waals surface area contributed by atoms with Crippen LogP contribution < -0.4 is 4.74 Å². The van der Waals surface area contributed by atoms with Crippen molar-refractivity contribution in [2.24, 2.45) is 0 Å². The molecule has 2 aromatic rings. The van der Waals surface area contributed by atoms with Crippen molar-refractivity contribution < 1.29 is 14.6 Å². The first kappa shape index (κ1) is 21.0. The number of hydrogen-bond donors (Lipinski definition) is 1. The topological polar surface area (TPSA) is 41.9 Å². The third-order valence-corrected chi connectivity index (χ3v) is 4.55. The van der Waals surface area contributed by atoms with Crippen LogP contribution in [0.15, 0.2) is 48.5 Å². The van der Waals surface area contributed by atoms with E-state index in [1.54, 1.807) is 12.1 Å². The van der Waals surface area contributed by atoms with Gasteiger partial charge in [-0.05, 0) is 41.8 Å². The number of benzene rings is 2. The summed E-state index contributed by atoms with van der Waals surface area (Å²) < 4.78 is 11.1. The van der Waals surface area contributed by atoms with Crippen molar-refractivity contribution in [2.75, 3.05) is 32.9 Å². The monoisotopic (exact) mass is 397 g/mol. The maximum absolute atomic E-state index is 10.2. The summed E-state index contributed by atoms with van der Waals surface area (Å²) in [6.07, 6.45) is 0.555. The molecule has 1 unspecified atom stereocenters. The largest absolute Gasteiger partial charge is 0.491 e. The summed E-state index contributed by atoms with van der Waals surface area (Å²) in [6, 6.07) is 15.7. The molecule has 1 heterocycles. The second kappa shape index (κ2) is 10.8. The van der Waals surface area contributed by atoms with Crippen molar-refractivity contribution in [3.05, 3.63) is 64.7 Å². The van der Waals surface area contributed by atoms with Crippen molar-refractivity contribution in [3.63, 3.8) is 0 Å². The smallest absolute Gasteiger partial charge is 0.119 e. The minimum atomic E-state index is -0.485. The van der Waals surface area contributed by atoms with Gasteiger partial charge in [0.05, 0.1) is 19.3 Å². The van der Waals surface area contributed by atoms with E-state index in [4.69, 9.17) is 21.1 Å². The highest BCUT2D eigenvalue weighted by Gasteiger charge is 2.18. The van der Waals surface area contributed by atoms with Crippen LogP contribution in [-0.2, 0) is 17.7 Å². The third kappa shape index (κ3) is 6.45. The molecular formula is C20H25Cl2NO3. The molecule has 0 radical (unpaired) electrons. The molecule has 0 saturated carbocycles. The van der Waals surface area contributed by atoms with Crippen molar-refractivity contribution in [2.45, 2.75) is 19.1 Å². The van der Waals surface area contributed by atoms with Crippen molar-refractivity contribution >= 4 is 24.0 Å². The number of halogens is 2. The molecule has 0 fully saturated rings. The van der Waals surface area contributed by atoms with Crippen LogP contribution in [0.4, 0.5) is 0 Å². The van der Waals surface area contributed by atoms with Crippen LogP contribution in [-0.4, -0.2) is 49.0 Å². The van der Waals surface area contributed by atoms with Gasteiger partial charge in [0.1, 0.15) is 12.4 Å². The lowest BCUT2D eigenvalue weighted by Crippen LogP contribution is -2.38. The Morgan fingerprint density at radius 3 is 2.54 bits per heavy atom. The van der Waals surface area contributed by atoms with Crippen LogP contribution in [0.1, 0.15) is 11.1 Å². The van der Waals surface area contributed by atoms with E-state index in [9.17, 15) is 5.11 Å². The first-order chi connectivity index (χ1) is 12.2. The van der Waals surface area contributed by atoms with E-state index in [2.05, 4.69) is 29.2 Å². The molecule has 142 valence electrons. The van der Waals surface area contributed by atoms with Gasteiger partial charge < -0.3 is 14.6 Å². The molecule has 3 rings (SSSR count). The molecular weight excluding hydrogens is 373 g/mol. The Labute approximate surface area is 166 Å². The number of nitrogens with zero attached hydrogens (tertiary/aromatic N) is 1. The fourth-order valence-corrected chi connectivity index (χ4v) is 3.16. The molecule has 26 heavy (non-hydrogen) atoms. The molecule has 0 bridgehead atoms. The molecule has 4 nitrogen and oxygen atoms in total. The maximum atomic E-state index is 10.2. The van der Waals surface area contributed by atoms with Crippen LogP contribution in [0.3, 0.4) is 0 Å². The number of rotatable bonds is 8. The summed E-state index contributed by atoms with van der Waals surface area (Å²) in [4.78, 5) is 2.28. The predicted molar refractivity (Wildman–Crippen MR) is 106 cm³/mol. The minimum absolute atomic E-state index is 0. The highest BCUT2D eigenvalue weighted by molar-refractivity contribution is 6.30. The van der Waals surface area contributed by atoms with Gasteiger partial charge >= 0.3 is 0 Å². The van der Waals surface area contributed by atoms with Crippen LogP contribution in [0.5, 0.6) is 5.75 Å². The van der Waals surface area contributed by atoms with Gasteiger partial charge in [0.25, 0.3) is 0 Å². The molecule has 2 aromatic carbocycles. The summed E-state index contributed by atoms with van der Waals surface area (Å²) in [7, 11) is 0. The normalized spacial score (nSPS) is 15.0. The van der Waals surface area contributed by atoms with Crippen molar-refractivity contribution in [3.8, 4) is 5.75 Å². The highest BCUT2D eigenvalue weighted by Crippen LogP contribution is 2.18. The Morgan fingerprint density at radius 1 is 1.04 bits per heavy atom. The fourth-order valence-electron chi connectivity index (χ4n) is 3.03. The van der Waals surface area contributed by atoms with E-state index in [0.29, 0.717) is 31.4 Å². The van der Waals surface area contributed by atoms with Gasteiger partial charge in [-0.1, -0.05) is 35.9 Å². The first-order valence-corrected chi connectivity index (χ1v) is 9.02. The van der Waals surface area contributed by atoms with Crippen LogP contribution in [0.2, 0.25) is 5.02 Å². The van der Waals surface area contributed by atoms with Gasteiger partial charge in [0.15, 0.2) is 0 Å². The Morgan fingerprint density at radius 2 is 1.77 bits per heavy atom. The van der Waals surface area contributed by atoms with Gasteiger partial charge in [-0.15, -0.1) is 12.4 Å². The zero-order valence-corrected chi connectivity index (χ0v) is 16.2. The summed E-state index contributed by atoms with van der Waals surface area (Å²) in [5.74, 6) is 0.764. The number of aliphatic hydroxyl groups is 1. The second-order valence-corrected chi connectivity index (χ2v) is 6.72. The van der Waals surface area contributed by atoms with E-state index in [-0.39, 0.29) is 12.4 Å². The van der Waals surface area contributed by atoms with Gasteiger partial charge in [0, 0.05) is 24.7 Å². The quantitative estimate of drug-likeness (QED) is 0.691. The Kier molecular flexibility index (Phi) is 8.69. The van der Waals surface area contributed by atoms with Crippen LogP contribution in [0.25, 0.3) is 0 Å². The first-order valence-electron chi connectivity index (χ1n) is 8.64. The second-order valence-electron chi connectivity index (χ2n) is 6.28. The molecule has 1 aliphatic heterocycles. The zero-order chi connectivity index (χ0) is 17.5. The van der Waals surface area contributed by atoms with Gasteiger partial charge in [-0.2, -0.15) is 0 Å². The SMILES string of the molecule is Cl.OC(COCCOc1ccc(Cl)cc1)CN1CCc2ccccc2C1. The average molecular weight is 398 g/mol. The Bertz CT molecular complexity index is 666. The van der Waals surface area contributed by atoms with E-state index in [0.717, 1.165) is 25.3 Å². The number of fused-ring (bicyclic) bond motifs is 1. The lowest BCUT2D eigenvalue weighted by atomic mass is 10.00. The summed E-state index contributed by atoms with van der Waals surface area (Å²) in [5.41, 5.74) is 2.78. The van der Waals surface area contributed by atoms with Crippen LogP contribution in [0, 0.1) is 0 Å². The molecule has 1 N–H and O–H groups in total. The van der Waals surface area contributed by atoms with Gasteiger partial charge in [-0.25, -0.2) is 0 Å². The molecule has 0 spiro atoms. The molecule has 0 saturated heterocycles. The Balaban J connectivity index is 0.00000243. The van der Waals surface area contributed by atoms with Crippen LogP contribution >= 0.6 is 24.0 Å². The zero-order valence-electron chi connectivity index (χ0n) is 14.6. The van der Waals surface area contributed by atoms with E-state index in [1.807, 2.05) is 12.1 Å². The highest BCUT2D eigenvalue weighted by atomic mass is 35.5. The molecule has 0 amide bonds. The van der Waals surface area contributed by atoms with Crippen molar-refractivity contribution in [1.29, 1.82) is 0 Å². The van der Waals surface area contributed by atoms with E-state index >= 15 is 0 Å². The molecule has 6 heteroatoms. The standard InChI is InChI=1S/C20H24ClNO3.ClH/c21-18-5-7-20(8-6-18)25-12-11-24-15-19(23)14-22-10-9-16-3-1-2-4-17(16)13-22;/h1-8,19,23H,9-15H2;1H. The van der Waals surface area contributed by atoms with Gasteiger partial charge in [0.2, 0.25) is 0 Å².